The maximum Gasteiger partial charge on any atom is 0.474 e. The molecule has 2 saturated carbocycles. The van der Waals surface area contributed by atoms with Crippen molar-refractivity contribution in [3.8, 4) is 0 Å². The van der Waals surface area contributed by atoms with E-state index in [2.05, 4.69) is 13.8 Å². The van der Waals surface area contributed by atoms with Crippen LogP contribution in [0.15, 0.2) is 0 Å². The number of hydrogen-bond donors (Lipinski definition) is 0. The van der Waals surface area contributed by atoms with Crippen LogP contribution in [0.2, 0.25) is 0 Å². The summed E-state index contributed by atoms with van der Waals surface area (Å²) in [5, 5.41) is 0. The van der Waals surface area contributed by atoms with Gasteiger partial charge in [0.2, 0.25) is 11.6 Å². The van der Waals surface area contributed by atoms with Crippen LogP contribution in [0.5, 0.6) is 0 Å². The molecule has 13 heteroatoms. The van der Waals surface area contributed by atoms with Gasteiger partial charge in [0.15, 0.2) is 23.8 Å². The molecule has 0 amide bonds. The summed E-state index contributed by atoms with van der Waals surface area (Å²) >= 11 is 0. The van der Waals surface area contributed by atoms with Gasteiger partial charge in [0.1, 0.15) is 0 Å². The average molecular weight is 659 g/mol. The summed E-state index contributed by atoms with van der Waals surface area (Å²) in [6.07, 6.45) is 5.82. The zero-order chi connectivity index (χ0) is 31.7. The molecule has 256 valence electrons. The van der Waals surface area contributed by atoms with Crippen LogP contribution in [-0.2, 0) is 56.6 Å². The molecule has 2 spiro atoms. The summed E-state index contributed by atoms with van der Waals surface area (Å²) in [5.74, 6) is -0.650. The van der Waals surface area contributed by atoms with Crippen LogP contribution in [0.3, 0.4) is 0 Å². The highest BCUT2D eigenvalue weighted by molar-refractivity contribution is 7.48. The van der Waals surface area contributed by atoms with Crippen molar-refractivity contribution < 1.29 is 56.6 Å². The fourth-order valence-corrected chi connectivity index (χ4v) is 11.9. The van der Waals surface area contributed by atoms with Gasteiger partial charge in [-0.25, -0.2) is 24.1 Å². The highest BCUT2D eigenvalue weighted by atomic mass is 31.2. The molecular formula is C32H51O12P. The topological polar surface area (TPSA) is 119 Å². The summed E-state index contributed by atoms with van der Waals surface area (Å²) in [4.78, 5) is 24.4. The number of rotatable bonds is 8. The van der Waals surface area contributed by atoms with Gasteiger partial charge in [0, 0.05) is 24.7 Å². The molecule has 2 aliphatic carbocycles. The Kier molecular flexibility index (Phi) is 7.40. The number of fused-ring (bicyclic) bond motifs is 4. The van der Waals surface area contributed by atoms with Crippen LogP contribution in [0.4, 0.5) is 0 Å². The minimum atomic E-state index is -4.05. The number of ether oxygens (including phenoxy) is 4. The minimum absolute atomic E-state index is 0.0245. The van der Waals surface area contributed by atoms with Gasteiger partial charge < -0.3 is 18.9 Å². The fourth-order valence-electron chi connectivity index (χ4n) is 10.6. The van der Waals surface area contributed by atoms with Crippen molar-refractivity contribution in [1.29, 1.82) is 0 Å². The van der Waals surface area contributed by atoms with E-state index in [9.17, 15) is 4.57 Å². The van der Waals surface area contributed by atoms with Crippen LogP contribution in [0.25, 0.3) is 0 Å². The van der Waals surface area contributed by atoms with Gasteiger partial charge >= 0.3 is 7.82 Å². The second kappa shape index (κ2) is 10.4. The first-order valence-electron chi connectivity index (χ1n) is 17.2. The molecule has 0 N–H and O–H groups in total. The SMILES string of the molecule is CCOP(=O)(OC[C@@]1(C)O[C@@H]2O[C@@]3(C)CC[C@H]4[C@H](C)CC[C@@H]1[C@@]24OO3)OC[C@@]1(C)O[C@@H]2O[C@@]3(C)CC[C@H]4[C@H](C)CC[C@@H]1[C@@]24OO3. The lowest BCUT2D eigenvalue weighted by Gasteiger charge is -2.51. The Labute approximate surface area is 266 Å². The quantitative estimate of drug-likeness (QED) is 0.219. The Morgan fingerprint density at radius 3 is 1.49 bits per heavy atom. The molecule has 0 aromatic rings. The molecule has 4 bridgehead atoms. The smallest absolute Gasteiger partial charge is 0.340 e. The number of phosphoric ester groups is 1. The van der Waals surface area contributed by atoms with Crippen molar-refractivity contribution in [2.24, 2.45) is 35.5 Å². The van der Waals surface area contributed by atoms with Crippen LogP contribution in [0, 0.1) is 35.5 Å². The van der Waals surface area contributed by atoms with Crippen LogP contribution in [-0.4, -0.2) is 66.4 Å². The molecule has 12 nitrogen and oxygen atoms in total. The van der Waals surface area contributed by atoms with E-state index in [0.717, 1.165) is 51.4 Å². The standard InChI is InChI=1S/C32H51O12P/c1-8-34-45(33,35-17-27(4)23-11-9-19(2)21-13-15-29(6)39-25(37-27)31(21,23)43-41-29)36-18-28(5)24-12-10-20(3)22-14-16-30(7)40-26(38-28)32(22,24)44-42-30/h19-26H,8-18H2,1-7H3/t19-,20-,21+,22+,23+,24+,25-,26-,27-,28-,29-,30-,31-,32-/m1/s1. The third kappa shape index (κ3) is 4.54. The van der Waals surface area contributed by atoms with Gasteiger partial charge in [-0.15, -0.1) is 0 Å². The highest BCUT2D eigenvalue weighted by Crippen LogP contribution is 2.66. The van der Waals surface area contributed by atoms with Crippen LogP contribution >= 0.6 is 7.82 Å². The highest BCUT2D eigenvalue weighted by Gasteiger charge is 2.76. The van der Waals surface area contributed by atoms with Crippen LogP contribution in [0.1, 0.15) is 99.8 Å². The molecule has 14 atom stereocenters. The van der Waals surface area contributed by atoms with Gasteiger partial charge in [-0.3, -0.25) is 13.6 Å². The molecule has 8 aliphatic heterocycles. The first-order valence-corrected chi connectivity index (χ1v) is 18.7. The van der Waals surface area contributed by atoms with Gasteiger partial charge in [-0.2, -0.15) is 0 Å². The Hall–Kier alpha value is -0.210. The lowest BCUT2D eigenvalue weighted by atomic mass is 9.60. The minimum Gasteiger partial charge on any atom is -0.340 e. The summed E-state index contributed by atoms with van der Waals surface area (Å²) < 4.78 is 58.6. The second-order valence-corrected chi connectivity index (χ2v) is 17.7. The zero-order valence-electron chi connectivity index (χ0n) is 27.7. The first kappa shape index (κ1) is 32.0. The van der Waals surface area contributed by atoms with Crippen molar-refractivity contribution in [3.63, 3.8) is 0 Å². The van der Waals surface area contributed by atoms with E-state index >= 15 is 0 Å². The van der Waals surface area contributed by atoms with Gasteiger partial charge in [-0.1, -0.05) is 13.8 Å². The first-order chi connectivity index (χ1) is 21.2. The van der Waals surface area contributed by atoms with E-state index in [-0.39, 0.29) is 43.5 Å². The summed E-state index contributed by atoms with van der Waals surface area (Å²) in [6, 6.07) is 0. The van der Waals surface area contributed by atoms with Crippen molar-refractivity contribution >= 4 is 7.82 Å². The Morgan fingerprint density at radius 1 is 0.622 bits per heavy atom. The van der Waals surface area contributed by atoms with Crippen molar-refractivity contribution in [2.75, 3.05) is 19.8 Å². The Morgan fingerprint density at radius 2 is 1.07 bits per heavy atom. The van der Waals surface area contributed by atoms with Gasteiger partial charge in [0.05, 0.1) is 31.0 Å². The largest absolute Gasteiger partial charge is 0.474 e. The maximum absolute atomic E-state index is 14.3. The van der Waals surface area contributed by atoms with E-state index in [1.165, 1.54) is 0 Å². The summed E-state index contributed by atoms with van der Waals surface area (Å²) in [5.41, 5.74) is -3.25. The van der Waals surface area contributed by atoms with E-state index in [0.29, 0.717) is 11.8 Å². The molecule has 0 aromatic carbocycles. The molecule has 0 aromatic heterocycles. The summed E-state index contributed by atoms with van der Waals surface area (Å²) in [6.45, 7) is 14.2. The Bertz CT molecular complexity index is 1150. The molecule has 45 heavy (non-hydrogen) atoms. The lowest BCUT2D eigenvalue weighted by Crippen LogP contribution is -2.62. The normalized spacial score (nSPS) is 56.5. The van der Waals surface area contributed by atoms with Crippen molar-refractivity contribution in [3.05, 3.63) is 0 Å². The van der Waals surface area contributed by atoms with Crippen molar-refractivity contribution in [1.82, 2.24) is 0 Å². The van der Waals surface area contributed by atoms with Crippen molar-refractivity contribution in [2.45, 2.75) is 146 Å². The summed E-state index contributed by atoms with van der Waals surface area (Å²) in [7, 11) is -4.05. The van der Waals surface area contributed by atoms with E-state index in [1.807, 2.05) is 27.7 Å². The zero-order valence-corrected chi connectivity index (χ0v) is 28.6. The third-order valence-corrected chi connectivity index (χ3v) is 14.4. The maximum atomic E-state index is 14.3. The third-order valence-electron chi connectivity index (χ3n) is 13.0. The monoisotopic (exact) mass is 658 g/mol. The lowest BCUT2D eigenvalue weighted by molar-refractivity contribution is -0.541. The fraction of sp³-hybridized carbons (Fsp3) is 1.00. The second-order valence-electron chi connectivity index (χ2n) is 16.0. The molecule has 10 fully saturated rings. The molecular weight excluding hydrogens is 607 g/mol. The van der Waals surface area contributed by atoms with E-state index in [4.69, 9.17) is 52.1 Å². The number of hydrogen-bond acceptors (Lipinski definition) is 12. The molecule has 10 rings (SSSR count). The van der Waals surface area contributed by atoms with Gasteiger partial charge in [0.25, 0.3) is 0 Å². The van der Waals surface area contributed by atoms with E-state index in [1.54, 1.807) is 6.92 Å². The van der Waals surface area contributed by atoms with Gasteiger partial charge in [-0.05, 0) is 96.8 Å². The molecule has 10 aliphatic rings. The average Bonchev–Trinajstić information content (AvgIpc) is 3.11. The molecule has 8 saturated heterocycles. The van der Waals surface area contributed by atoms with E-state index < -0.39 is 54.4 Å². The van der Waals surface area contributed by atoms with Crippen LogP contribution < -0.4 is 0 Å². The molecule has 0 radical (unpaired) electrons. The Balaban J connectivity index is 1.01. The molecule has 8 heterocycles. The number of phosphoric acid groups is 1. The molecule has 0 unspecified atom stereocenters. The predicted octanol–water partition coefficient (Wildman–Crippen LogP) is 6.17. The predicted molar refractivity (Wildman–Crippen MR) is 156 cm³/mol.